The lowest BCUT2D eigenvalue weighted by Crippen LogP contribution is -2.55. The van der Waals surface area contributed by atoms with Gasteiger partial charge in [-0.25, -0.2) is 9.37 Å². The van der Waals surface area contributed by atoms with Gasteiger partial charge < -0.3 is 14.5 Å². The Morgan fingerprint density at radius 3 is 2.60 bits per heavy atom. The molecule has 1 fully saturated rings. The molecule has 1 N–H and O–H groups in total. The fraction of sp³-hybridized carbons (Fsp3) is 0.765. The number of hydrogen-bond donors (Lipinski definition) is 1. The number of nitrogens with zero attached hydrogens (tertiary/aromatic N) is 2. The summed E-state index contributed by atoms with van der Waals surface area (Å²) in [6, 6.07) is -0.0895. The minimum Gasteiger partial charge on any atom is -0.409 e. The smallest absolute Gasteiger partial charge is 0.224 e. The van der Waals surface area contributed by atoms with Gasteiger partial charge in [0.25, 0.3) is 0 Å². The number of anilines is 1. The molecule has 25 heavy (non-hydrogen) atoms. The predicted octanol–water partition coefficient (Wildman–Crippen LogP) is 4.64. The average Bonchev–Trinajstić information content (AvgIpc) is 2.51. The van der Waals surface area contributed by atoms with Crippen LogP contribution >= 0.6 is 11.6 Å². The van der Waals surface area contributed by atoms with Crippen LogP contribution in [0.2, 0.25) is 23.4 Å². The molecular weight excluding hydrogens is 361 g/mol. The molecule has 1 unspecified atom stereocenters. The summed E-state index contributed by atoms with van der Waals surface area (Å²) >= 11 is 5.82. The van der Waals surface area contributed by atoms with Crippen molar-refractivity contribution < 1.29 is 13.6 Å². The monoisotopic (exact) mass is 389 g/mol. The zero-order valence-corrected chi connectivity index (χ0v) is 17.7. The van der Waals surface area contributed by atoms with Gasteiger partial charge in [-0.3, -0.25) is 0 Å². The van der Waals surface area contributed by atoms with Crippen molar-refractivity contribution in [2.24, 2.45) is 0 Å². The van der Waals surface area contributed by atoms with Crippen molar-refractivity contribution in [1.82, 2.24) is 9.97 Å². The molecule has 0 amide bonds. The van der Waals surface area contributed by atoms with E-state index in [1.165, 1.54) is 0 Å². The molecule has 1 aliphatic carbocycles. The molecule has 1 heterocycles. The van der Waals surface area contributed by atoms with Crippen LogP contribution in [0.3, 0.4) is 0 Å². The Bertz CT molecular complexity index is 598. The summed E-state index contributed by atoms with van der Waals surface area (Å²) < 4.78 is 26.4. The Balaban J connectivity index is 2.25. The second-order valence-corrected chi connectivity index (χ2v) is 13.2. The molecule has 1 aromatic rings. The predicted molar refractivity (Wildman–Crippen MR) is 101 cm³/mol. The van der Waals surface area contributed by atoms with Gasteiger partial charge in [-0.15, -0.1) is 0 Å². The molecule has 1 aliphatic rings. The zero-order chi connectivity index (χ0) is 18.8. The Kier molecular flexibility index (Phi) is 6.46. The molecule has 5 nitrogen and oxygen atoms in total. The summed E-state index contributed by atoms with van der Waals surface area (Å²) in [6.45, 7) is 11.0. The molecule has 0 spiro atoms. The largest absolute Gasteiger partial charge is 0.409 e. The van der Waals surface area contributed by atoms with E-state index < -0.39 is 14.1 Å². The Hall–Kier alpha value is -0.763. The van der Waals surface area contributed by atoms with Crippen LogP contribution in [0.25, 0.3) is 0 Å². The maximum atomic E-state index is 14.0. The molecule has 142 valence electrons. The summed E-state index contributed by atoms with van der Waals surface area (Å²) in [7, 11) is -0.301. The van der Waals surface area contributed by atoms with E-state index in [1.54, 1.807) is 7.11 Å². The first kappa shape index (κ1) is 20.5. The van der Waals surface area contributed by atoms with Crippen molar-refractivity contribution >= 4 is 25.7 Å². The number of ether oxygens (including phenoxy) is 1. The van der Waals surface area contributed by atoms with Gasteiger partial charge in [0.15, 0.2) is 20.0 Å². The van der Waals surface area contributed by atoms with E-state index in [9.17, 15) is 4.39 Å². The highest BCUT2D eigenvalue weighted by atomic mass is 35.5. The number of aromatic nitrogens is 2. The van der Waals surface area contributed by atoms with Gasteiger partial charge in [-0.2, -0.15) is 4.98 Å². The molecular formula is C17H29ClFN3O2Si. The highest BCUT2D eigenvalue weighted by molar-refractivity contribution is 6.74. The van der Waals surface area contributed by atoms with E-state index in [-0.39, 0.29) is 34.4 Å². The van der Waals surface area contributed by atoms with Crippen molar-refractivity contribution in [2.75, 3.05) is 12.4 Å². The third kappa shape index (κ3) is 4.90. The van der Waals surface area contributed by atoms with Gasteiger partial charge in [-0.05, 0) is 49.0 Å². The first-order chi connectivity index (χ1) is 11.5. The van der Waals surface area contributed by atoms with Crippen molar-refractivity contribution in [3.05, 3.63) is 17.3 Å². The summed E-state index contributed by atoms with van der Waals surface area (Å²) in [5, 5.41) is 3.28. The van der Waals surface area contributed by atoms with Gasteiger partial charge in [-0.1, -0.05) is 20.8 Å². The topological polar surface area (TPSA) is 56.3 Å². The van der Waals surface area contributed by atoms with Gasteiger partial charge in [0.05, 0.1) is 24.4 Å². The molecule has 1 aromatic heterocycles. The number of methoxy groups -OCH3 is 1. The minimum absolute atomic E-state index is 0.0184. The van der Waals surface area contributed by atoms with Crippen LogP contribution in [0.4, 0.5) is 10.2 Å². The van der Waals surface area contributed by atoms with Crippen molar-refractivity contribution in [3.8, 4) is 0 Å². The van der Waals surface area contributed by atoms with E-state index in [2.05, 4.69) is 49.1 Å². The Labute approximate surface area is 155 Å². The first-order valence-electron chi connectivity index (χ1n) is 8.70. The molecule has 0 radical (unpaired) electrons. The molecule has 0 saturated heterocycles. The summed E-state index contributed by atoms with van der Waals surface area (Å²) in [5.41, 5.74) is 0. The second kappa shape index (κ2) is 7.86. The molecule has 0 aliphatic heterocycles. The van der Waals surface area contributed by atoms with Crippen LogP contribution in [0, 0.1) is 5.82 Å². The zero-order valence-electron chi connectivity index (χ0n) is 15.9. The molecule has 0 bridgehead atoms. The lowest BCUT2D eigenvalue weighted by atomic mass is 9.90. The second-order valence-electron chi connectivity index (χ2n) is 8.13. The quantitative estimate of drug-likeness (QED) is 0.587. The standard InChI is InChI=1S/C17H29ClFN3O2Si/c1-17(2,3)25(5,6)24-14-12(8-7-9-13(14)23-4)21-15-11(19)10-20-16(18)22-15/h10,12-14H,7-9H2,1-6H3,(H,20,21,22)/t12?,13-,14-/m1/s1. The van der Waals surface area contributed by atoms with Gasteiger partial charge in [0.1, 0.15) is 0 Å². The Morgan fingerprint density at radius 2 is 2.00 bits per heavy atom. The first-order valence-corrected chi connectivity index (χ1v) is 12.0. The Morgan fingerprint density at radius 1 is 1.32 bits per heavy atom. The molecule has 1 saturated carbocycles. The van der Waals surface area contributed by atoms with Gasteiger partial charge in [0, 0.05) is 7.11 Å². The van der Waals surface area contributed by atoms with E-state index >= 15 is 0 Å². The molecule has 8 heteroatoms. The summed E-state index contributed by atoms with van der Waals surface area (Å²) in [5.74, 6) is -0.402. The minimum atomic E-state index is -2.01. The van der Waals surface area contributed by atoms with Gasteiger partial charge in [0.2, 0.25) is 5.28 Å². The van der Waals surface area contributed by atoms with Gasteiger partial charge >= 0.3 is 0 Å². The SMILES string of the molecule is CO[C@@H]1CCCC(Nc2nc(Cl)ncc2F)[C@H]1O[Si](C)(C)C(C)(C)C. The van der Waals surface area contributed by atoms with Crippen LogP contribution < -0.4 is 5.32 Å². The van der Waals surface area contributed by atoms with Crippen LogP contribution in [0.1, 0.15) is 40.0 Å². The van der Waals surface area contributed by atoms with Crippen LogP contribution in [-0.2, 0) is 9.16 Å². The maximum Gasteiger partial charge on any atom is 0.224 e. The van der Waals surface area contributed by atoms with Crippen LogP contribution in [0.5, 0.6) is 0 Å². The maximum absolute atomic E-state index is 14.0. The lowest BCUT2D eigenvalue weighted by molar-refractivity contribution is -0.0352. The number of halogens is 2. The van der Waals surface area contributed by atoms with Crippen molar-refractivity contribution in [2.45, 2.75) is 76.4 Å². The summed E-state index contributed by atoms with van der Waals surface area (Å²) in [4.78, 5) is 7.65. The van der Waals surface area contributed by atoms with E-state index in [0.717, 1.165) is 25.5 Å². The number of nitrogens with one attached hydrogen (secondary N) is 1. The van der Waals surface area contributed by atoms with E-state index in [0.29, 0.717) is 0 Å². The lowest BCUT2D eigenvalue weighted by Gasteiger charge is -2.45. The highest BCUT2D eigenvalue weighted by Gasteiger charge is 2.44. The fourth-order valence-electron chi connectivity index (χ4n) is 2.83. The normalized spacial score (nSPS) is 25.0. The fourth-order valence-corrected chi connectivity index (χ4v) is 4.31. The van der Waals surface area contributed by atoms with E-state index in [4.69, 9.17) is 20.8 Å². The highest BCUT2D eigenvalue weighted by Crippen LogP contribution is 2.40. The third-order valence-electron chi connectivity index (χ3n) is 5.34. The molecule has 0 aromatic carbocycles. The summed E-state index contributed by atoms with van der Waals surface area (Å²) in [6.07, 6.45) is 3.67. The molecule has 2 rings (SSSR count). The third-order valence-corrected chi connectivity index (χ3v) is 10.00. The number of rotatable bonds is 5. The van der Waals surface area contributed by atoms with Crippen molar-refractivity contribution in [3.63, 3.8) is 0 Å². The van der Waals surface area contributed by atoms with Crippen LogP contribution in [0.15, 0.2) is 6.20 Å². The average molecular weight is 390 g/mol. The van der Waals surface area contributed by atoms with E-state index in [1.807, 2.05) is 0 Å². The number of hydrogen-bond acceptors (Lipinski definition) is 5. The van der Waals surface area contributed by atoms with Crippen LogP contribution in [-0.4, -0.2) is 43.6 Å². The molecule has 3 atom stereocenters. The van der Waals surface area contributed by atoms with Crippen molar-refractivity contribution in [1.29, 1.82) is 0 Å².